The predicted octanol–water partition coefficient (Wildman–Crippen LogP) is 2.13. The first-order chi connectivity index (χ1) is 19.9. The minimum Gasteiger partial charge on any atom is -0.462 e. The van der Waals surface area contributed by atoms with Gasteiger partial charge in [-0.25, -0.2) is 9.55 Å². The summed E-state index contributed by atoms with van der Waals surface area (Å²) in [5.74, 6) is 0.0235. The van der Waals surface area contributed by atoms with E-state index >= 15 is 0 Å². The Morgan fingerprint density at radius 1 is 1.26 bits per heavy atom. The maximum absolute atomic E-state index is 13.8. The van der Waals surface area contributed by atoms with Crippen molar-refractivity contribution in [1.82, 2.24) is 24.6 Å². The fraction of sp³-hybridized carbons (Fsp3) is 0.538. The van der Waals surface area contributed by atoms with Gasteiger partial charge in [0.1, 0.15) is 29.6 Å². The molecular formula is C26H36N7O8P. The van der Waals surface area contributed by atoms with E-state index in [9.17, 15) is 19.6 Å². The van der Waals surface area contributed by atoms with Gasteiger partial charge in [-0.15, -0.1) is 0 Å². The van der Waals surface area contributed by atoms with Crippen LogP contribution in [0.25, 0.3) is 11.2 Å². The van der Waals surface area contributed by atoms with E-state index in [1.807, 2.05) is 0 Å². The molecule has 1 aliphatic heterocycles. The van der Waals surface area contributed by atoms with Crippen LogP contribution < -0.4 is 20.7 Å². The molecular weight excluding hydrogens is 569 g/mol. The lowest BCUT2D eigenvalue weighted by Gasteiger charge is -2.27. The third-order valence-electron chi connectivity index (χ3n) is 6.80. The van der Waals surface area contributed by atoms with Gasteiger partial charge in [0.2, 0.25) is 5.95 Å². The molecule has 2 fully saturated rings. The molecule has 228 valence electrons. The molecule has 1 saturated carbocycles. The van der Waals surface area contributed by atoms with Gasteiger partial charge < -0.3 is 35.3 Å². The number of rotatable bonds is 12. The average molecular weight is 606 g/mol. The van der Waals surface area contributed by atoms with E-state index in [0.29, 0.717) is 17.0 Å². The van der Waals surface area contributed by atoms with Gasteiger partial charge in [-0.3, -0.25) is 13.9 Å². The molecule has 0 radical (unpaired) electrons. The van der Waals surface area contributed by atoms with Crippen molar-refractivity contribution in [3.05, 3.63) is 36.7 Å². The average Bonchev–Trinajstić information content (AvgIpc) is 3.59. The summed E-state index contributed by atoms with van der Waals surface area (Å²) in [6.07, 6.45) is -0.792. The molecule has 0 spiro atoms. The first-order valence-corrected chi connectivity index (χ1v) is 15.2. The molecule has 1 aromatic carbocycles. The molecule has 1 unspecified atom stereocenters. The van der Waals surface area contributed by atoms with Crippen LogP contribution in [0.4, 0.5) is 11.8 Å². The van der Waals surface area contributed by atoms with Crippen LogP contribution in [0.15, 0.2) is 36.7 Å². The number of carbonyl (C=O) groups excluding carboxylic acids is 1. The monoisotopic (exact) mass is 605 g/mol. The number of para-hydroxylation sites is 1. The fourth-order valence-corrected chi connectivity index (χ4v) is 6.01. The second-order valence-corrected chi connectivity index (χ2v) is 12.6. The number of nitrogens with zero attached hydrogens (tertiary/aromatic N) is 4. The van der Waals surface area contributed by atoms with E-state index in [2.05, 4.69) is 25.4 Å². The Morgan fingerprint density at radius 3 is 2.64 bits per heavy atom. The Kier molecular flexibility index (Phi) is 8.43. The van der Waals surface area contributed by atoms with Gasteiger partial charge in [-0.05, 0) is 52.7 Å². The maximum Gasteiger partial charge on any atom is 0.459 e. The predicted molar refractivity (Wildman–Crippen MR) is 151 cm³/mol. The molecule has 3 heterocycles. The molecule has 0 bridgehead atoms. The molecule has 2 aliphatic rings. The number of imidazole rings is 1. The largest absolute Gasteiger partial charge is 0.462 e. The van der Waals surface area contributed by atoms with Gasteiger partial charge in [-0.2, -0.15) is 15.1 Å². The number of hydrogen-bond donors (Lipinski definition) is 5. The van der Waals surface area contributed by atoms with Crippen LogP contribution in [0.1, 0.15) is 46.8 Å². The molecule has 1 saturated heterocycles. The van der Waals surface area contributed by atoms with Crippen molar-refractivity contribution in [3.8, 4) is 5.75 Å². The Balaban J connectivity index is 1.36. The van der Waals surface area contributed by atoms with E-state index in [-0.39, 0.29) is 17.7 Å². The van der Waals surface area contributed by atoms with Gasteiger partial charge in [0, 0.05) is 6.04 Å². The number of fused-ring (bicyclic) bond motifs is 1. The number of esters is 1. The molecule has 6 N–H and O–H groups in total. The Labute approximate surface area is 242 Å². The molecule has 16 heteroatoms. The molecule has 3 aromatic rings. The van der Waals surface area contributed by atoms with Crippen molar-refractivity contribution in [2.75, 3.05) is 17.7 Å². The van der Waals surface area contributed by atoms with E-state index in [0.717, 1.165) is 12.8 Å². The van der Waals surface area contributed by atoms with Gasteiger partial charge in [0.15, 0.2) is 23.2 Å². The van der Waals surface area contributed by atoms with Crippen molar-refractivity contribution in [2.45, 2.75) is 82.8 Å². The van der Waals surface area contributed by atoms with E-state index in [1.165, 1.54) is 24.7 Å². The number of benzene rings is 1. The van der Waals surface area contributed by atoms with E-state index < -0.39 is 56.5 Å². The Bertz CT molecular complexity index is 1470. The number of aliphatic hydroxyl groups excluding tert-OH is 1. The highest BCUT2D eigenvalue weighted by Crippen LogP contribution is 2.47. The van der Waals surface area contributed by atoms with Crippen molar-refractivity contribution < 1.29 is 38.1 Å². The zero-order valence-electron chi connectivity index (χ0n) is 23.7. The fourth-order valence-electron chi connectivity index (χ4n) is 4.51. The molecule has 42 heavy (non-hydrogen) atoms. The molecule has 5 rings (SSSR count). The maximum atomic E-state index is 13.8. The number of ether oxygens (including phenoxy) is 2. The van der Waals surface area contributed by atoms with Crippen LogP contribution in [0, 0.1) is 0 Å². The Morgan fingerprint density at radius 2 is 1.98 bits per heavy atom. The van der Waals surface area contributed by atoms with Gasteiger partial charge in [0.25, 0.3) is 0 Å². The SMILES string of the molecule is CC(C)OC(=O)[C@H](C)NP(=O)(OC[C@H]1O[C@@H](n2cnc3c(NC4CC4)nc(N)nc32)[C@](C)(O)[C@@H]1O)Oc1ccccc1. The van der Waals surface area contributed by atoms with E-state index in [1.54, 1.807) is 44.2 Å². The van der Waals surface area contributed by atoms with Crippen molar-refractivity contribution in [1.29, 1.82) is 0 Å². The lowest BCUT2D eigenvalue weighted by molar-refractivity contribution is -0.149. The normalized spacial score (nSPS) is 26.2. The van der Waals surface area contributed by atoms with Crippen LogP contribution in [0.2, 0.25) is 0 Å². The van der Waals surface area contributed by atoms with Gasteiger partial charge >= 0.3 is 13.7 Å². The summed E-state index contributed by atoms with van der Waals surface area (Å²) in [5, 5.41) is 28.3. The summed E-state index contributed by atoms with van der Waals surface area (Å²) in [4.78, 5) is 25.4. The highest BCUT2D eigenvalue weighted by molar-refractivity contribution is 7.52. The molecule has 1 aliphatic carbocycles. The number of anilines is 2. The molecule has 2 aromatic heterocycles. The molecule has 15 nitrogen and oxygen atoms in total. The third-order valence-corrected chi connectivity index (χ3v) is 8.44. The zero-order chi connectivity index (χ0) is 30.2. The first kappa shape index (κ1) is 30.1. The standard InChI is InChI=1S/C26H36N7O8P/c1-14(2)39-23(35)15(3)32-42(37,41-17-8-6-5-7-9-17)38-12-18-20(34)26(4,36)24(40-18)33-13-28-19-21(29-16-10-11-16)30-25(27)31-22(19)33/h5-9,13-16,18,20,24,34,36H,10-12H2,1-4H3,(H,32,37)(H3,27,29,30,31)/t15-,18+,20+,24+,26+,42?/m0/s1. The lowest BCUT2D eigenvalue weighted by atomic mass is 9.96. The van der Waals surface area contributed by atoms with Gasteiger partial charge in [0.05, 0.1) is 19.0 Å². The number of hydrogen-bond acceptors (Lipinski definition) is 13. The number of nitrogens with one attached hydrogen (secondary N) is 2. The summed E-state index contributed by atoms with van der Waals surface area (Å²) in [6, 6.07) is 7.47. The van der Waals surface area contributed by atoms with Crippen LogP contribution in [0.3, 0.4) is 0 Å². The molecule has 6 atom stereocenters. The topological polar surface area (TPSA) is 205 Å². The van der Waals surface area contributed by atoms with Crippen LogP contribution in [-0.4, -0.2) is 78.3 Å². The van der Waals surface area contributed by atoms with Crippen molar-refractivity contribution in [3.63, 3.8) is 0 Å². The molecule has 0 amide bonds. The summed E-state index contributed by atoms with van der Waals surface area (Å²) in [7, 11) is -4.24. The Hall–Kier alpha value is -3.33. The highest BCUT2D eigenvalue weighted by atomic mass is 31.2. The number of aromatic nitrogens is 4. The van der Waals surface area contributed by atoms with Crippen molar-refractivity contribution >= 4 is 36.6 Å². The van der Waals surface area contributed by atoms with Crippen molar-refractivity contribution in [2.24, 2.45) is 0 Å². The van der Waals surface area contributed by atoms with E-state index in [4.69, 9.17) is 24.3 Å². The number of aliphatic hydroxyl groups is 2. The third kappa shape index (κ3) is 6.51. The van der Waals surface area contributed by atoms with Crippen LogP contribution in [0.5, 0.6) is 5.75 Å². The second kappa shape index (κ2) is 11.7. The first-order valence-electron chi connectivity index (χ1n) is 13.7. The lowest BCUT2D eigenvalue weighted by Crippen LogP contribution is -2.44. The minimum atomic E-state index is -4.24. The van der Waals surface area contributed by atoms with Gasteiger partial charge in [-0.1, -0.05) is 18.2 Å². The summed E-state index contributed by atoms with van der Waals surface area (Å²) in [5.41, 5.74) is 4.83. The quantitative estimate of drug-likeness (QED) is 0.148. The number of carbonyl (C=O) groups is 1. The number of nitrogen functional groups attached to an aromatic ring is 1. The zero-order valence-corrected chi connectivity index (χ0v) is 24.6. The van der Waals surface area contributed by atoms with Crippen LogP contribution in [-0.2, 0) is 23.4 Å². The number of nitrogens with two attached hydrogens (primary N) is 1. The summed E-state index contributed by atoms with van der Waals surface area (Å²) < 4.78 is 37.9. The van der Waals surface area contributed by atoms with Crippen LogP contribution >= 0.6 is 7.75 Å². The second-order valence-electron chi connectivity index (χ2n) is 10.9. The minimum absolute atomic E-state index is 0.000610. The summed E-state index contributed by atoms with van der Waals surface area (Å²) in [6.45, 7) is 5.76. The smallest absolute Gasteiger partial charge is 0.459 e. The summed E-state index contributed by atoms with van der Waals surface area (Å²) >= 11 is 0. The highest BCUT2D eigenvalue weighted by Gasteiger charge is 2.54.